The highest BCUT2D eigenvalue weighted by molar-refractivity contribution is 7.88. The van der Waals surface area contributed by atoms with E-state index in [1.54, 1.807) is 0 Å². The zero-order valence-electron chi connectivity index (χ0n) is 17.1. The lowest BCUT2D eigenvalue weighted by atomic mass is 9.97. The van der Waals surface area contributed by atoms with Gasteiger partial charge in [0, 0.05) is 43.3 Å². The van der Waals surface area contributed by atoms with Gasteiger partial charge in [0.25, 0.3) is 0 Å². The quantitative estimate of drug-likeness (QED) is 0.784. The molecule has 1 aromatic heterocycles. The van der Waals surface area contributed by atoms with E-state index in [1.165, 1.54) is 23.4 Å². The molecule has 160 valence electrons. The summed E-state index contributed by atoms with van der Waals surface area (Å²) in [5, 5.41) is 11.7. The topological polar surface area (TPSA) is 95.5 Å². The largest absolute Gasteiger partial charge is 0.355 e. The number of nitrogens with zero attached hydrogens (tertiary/aromatic N) is 4. The van der Waals surface area contributed by atoms with Gasteiger partial charge < -0.3 is 10.2 Å². The third-order valence-corrected chi connectivity index (χ3v) is 7.10. The highest BCUT2D eigenvalue weighted by Crippen LogP contribution is 2.25. The fraction of sp³-hybridized carbons (Fsp3) is 0.476. The molecule has 2 aromatic rings. The number of rotatable bonds is 5. The van der Waals surface area contributed by atoms with E-state index in [0.717, 1.165) is 30.2 Å². The minimum Gasteiger partial charge on any atom is -0.355 e. The van der Waals surface area contributed by atoms with Gasteiger partial charge in [0.1, 0.15) is 0 Å². The first kappa shape index (κ1) is 20.7. The van der Waals surface area contributed by atoms with Crippen molar-refractivity contribution in [2.24, 2.45) is 5.92 Å². The molecule has 2 aliphatic rings. The van der Waals surface area contributed by atoms with Crippen LogP contribution < -0.4 is 10.2 Å². The Labute approximate surface area is 177 Å². The van der Waals surface area contributed by atoms with Gasteiger partial charge in [0.05, 0.1) is 11.9 Å². The van der Waals surface area contributed by atoms with Crippen LogP contribution in [0.3, 0.4) is 0 Å². The van der Waals surface area contributed by atoms with Crippen LogP contribution in [0, 0.1) is 5.92 Å². The molecule has 9 heteroatoms. The fourth-order valence-corrected chi connectivity index (χ4v) is 4.92. The molecule has 0 atom stereocenters. The molecule has 30 heavy (non-hydrogen) atoms. The zero-order valence-corrected chi connectivity index (χ0v) is 17.9. The summed E-state index contributed by atoms with van der Waals surface area (Å²) < 4.78 is 24.7. The highest BCUT2D eigenvalue weighted by atomic mass is 32.2. The molecule has 4 rings (SSSR count). The molecule has 0 saturated carbocycles. The molecule has 2 fully saturated rings. The van der Waals surface area contributed by atoms with E-state index in [9.17, 15) is 13.2 Å². The van der Waals surface area contributed by atoms with Crippen LogP contribution in [-0.4, -0.2) is 61.3 Å². The molecule has 2 aliphatic heterocycles. The van der Waals surface area contributed by atoms with Crippen LogP contribution in [0.5, 0.6) is 0 Å². The summed E-state index contributed by atoms with van der Waals surface area (Å²) in [7, 11) is -3.19. The van der Waals surface area contributed by atoms with Gasteiger partial charge in [0.15, 0.2) is 5.82 Å². The molecule has 0 unspecified atom stereocenters. The van der Waals surface area contributed by atoms with E-state index < -0.39 is 10.0 Å². The minimum absolute atomic E-state index is 0.0734. The van der Waals surface area contributed by atoms with Crippen molar-refractivity contribution in [2.45, 2.75) is 25.7 Å². The van der Waals surface area contributed by atoms with Gasteiger partial charge in [-0.25, -0.2) is 12.7 Å². The van der Waals surface area contributed by atoms with Crippen LogP contribution in [0.2, 0.25) is 0 Å². The van der Waals surface area contributed by atoms with E-state index in [4.69, 9.17) is 0 Å². The Morgan fingerprint density at radius 1 is 1.03 bits per heavy atom. The Morgan fingerprint density at radius 3 is 2.40 bits per heavy atom. The monoisotopic (exact) mass is 429 g/mol. The van der Waals surface area contributed by atoms with Crippen LogP contribution in [0.4, 0.5) is 11.5 Å². The number of sulfonamides is 1. The SMILES string of the molecule is CS(=O)(=O)N1CCC(C(=O)Nc2cccc(-c3ccc(N4CCCC4)nn3)c2)CC1. The maximum absolute atomic E-state index is 12.7. The van der Waals surface area contributed by atoms with Crippen molar-refractivity contribution >= 4 is 27.4 Å². The highest BCUT2D eigenvalue weighted by Gasteiger charge is 2.29. The Hall–Kier alpha value is -2.52. The summed E-state index contributed by atoms with van der Waals surface area (Å²) in [6.45, 7) is 2.82. The van der Waals surface area contributed by atoms with E-state index in [-0.39, 0.29) is 11.8 Å². The number of carbonyl (C=O) groups excluding carboxylic acids is 1. The van der Waals surface area contributed by atoms with E-state index in [1.807, 2.05) is 36.4 Å². The number of hydrogen-bond donors (Lipinski definition) is 1. The molecule has 1 N–H and O–H groups in total. The van der Waals surface area contributed by atoms with Gasteiger partial charge in [-0.2, -0.15) is 0 Å². The fourth-order valence-electron chi connectivity index (χ4n) is 4.04. The number of amides is 1. The van der Waals surface area contributed by atoms with Crippen molar-refractivity contribution in [1.29, 1.82) is 0 Å². The summed E-state index contributed by atoms with van der Waals surface area (Å²) in [4.78, 5) is 14.9. The predicted octanol–water partition coefficient (Wildman–Crippen LogP) is 2.35. The molecule has 0 aliphatic carbocycles. The van der Waals surface area contributed by atoms with E-state index >= 15 is 0 Å². The molecule has 2 saturated heterocycles. The average molecular weight is 430 g/mol. The van der Waals surface area contributed by atoms with Gasteiger partial charge in [0.2, 0.25) is 15.9 Å². The lowest BCUT2D eigenvalue weighted by Crippen LogP contribution is -2.40. The molecule has 0 spiro atoms. The van der Waals surface area contributed by atoms with Crippen molar-refractivity contribution in [3.8, 4) is 11.3 Å². The molecule has 1 aromatic carbocycles. The van der Waals surface area contributed by atoms with Crippen LogP contribution in [-0.2, 0) is 14.8 Å². The van der Waals surface area contributed by atoms with Crippen LogP contribution in [0.15, 0.2) is 36.4 Å². The summed E-state index contributed by atoms with van der Waals surface area (Å²) in [5.41, 5.74) is 2.35. The lowest BCUT2D eigenvalue weighted by Gasteiger charge is -2.29. The number of benzene rings is 1. The Bertz CT molecular complexity index is 996. The first-order valence-electron chi connectivity index (χ1n) is 10.4. The molecule has 3 heterocycles. The van der Waals surface area contributed by atoms with Crippen LogP contribution in [0.1, 0.15) is 25.7 Å². The number of aromatic nitrogens is 2. The third-order valence-electron chi connectivity index (χ3n) is 5.80. The first-order valence-corrected chi connectivity index (χ1v) is 12.2. The van der Waals surface area contributed by atoms with Crippen molar-refractivity contribution in [3.63, 3.8) is 0 Å². The third kappa shape index (κ3) is 4.79. The Balaban J connectivity index is 1.39. The molecular weight excluding hydrogens is 402 g/mol. The second kappa shape index (κ2) is 8.69. The van der Waals surface area contributed by atoms with E-state index in [0.29, 0.717) is 31.6 Å². The average Bonchev–Trinajstić information content (AvgIpc) is 3.28. The summed E-state index contributed by atoms with van der Waals surface area (Å²) in [6.07, 6.45) is 4.65. The van der Waals surface area contributed by atoms with Gasteiger partial charge in [-0.3, -0.25) is 4.79 Å². The number of nitrogens with one attached hydrogen (secondary N) is 1. The van der Waals surface area contributed by atoms with Gasteiger partial charge in [-0.15, -0.1) is 10.2 Å². The van der Waals surface area contributed by atoms with Crippen molar-refractivity contribution in [2.75, 3.05) is 42.7 Å². The van der Waals surface area contributed by atoms with Gasteiger partial charge in [-0.1, -0.05) is 12.1 Å². The van der Waals surface area contributed by atoms with Crippen molar-refractivity contribution in [1.82, 2.24) is 14.5 Å². The maximum atomic E-state index is 12.7. The molecule has 1 amide bonds. The van der Waals surface area contributed by atoms with E-state index in [2.05, 4.69) is 20.4 Å². The van der Waals surface area contributed by atoms with Crippen LogP contribution in [0.25, 0.3) is 11.3 Å². The Kier molecular flexibility index (Phi) is 6.01. The van der Waals surface area contributed by atoms with Gasteiger partial charge in [-0.05, 0) is 49.9 Å². The van der Waals surface area contributed by atoms with Gasteiger partial charge >= 0.3 is 0 Å². The maximum Gasteiger partial charge on any atom is 0.227 e. The second-order valence-electron chi connectivity index (χ2n) is 7.98. The number of carbonyl (C=O) groups is 1. The second-order valence-corrected chi connectivity index (χ2v) is 9.96. The minimum atomic E-state index is -3.19. The Morgan fingerprint density at radius 2 is 1.77 bits per heavy atom. The normalized spacial score (nSPS) is 18.5. The van der Waals surface area contributed by atoms with Crippen molar-refractivity contribution in [3.05, 3.63) is 36.4 Å². The smallest absolute Gasteiger partial charge is 0.227 e. The molecular formula is C21H27N5O3S. The number of hydrogen-bond acceptors (Lipinski definition) is 6. The molecule has 0 radical (unpaired) electrons. The number of piperidine rings is 1. The molecule has 8 nitrogen and oxygen atoms in total. The zero-order chi connectivity index (χ0) is 21.1. The summed E-state index contributed by atoms with van der Waals surface area (Å²) in [5.74, 6) is 0.642. The van der Waals surface area contributed by atoms with Crippen LogP contribution >= 0.6 is 0 Å². The predicted molar refractivity (Wildman–Crippen MR) is 117 cm³/mol. The standard InChI is InChI=1S/C21H27N5O3S/c1-30(28,29)26-13-9-16(10-14-26)21(27)22-18-6-4-5-17(15-18)19-7-8-20(24-23-19)25-11-2-3-12-25/h4-8,15-16H,2-3,9-14H2,1H3,(H,22,27). The van der Waals surface area contributed by atoms with Crippen molar-refractivity contribution < 1.29 is 13.2 Å². The first-order chi connectivity index (χ1) is 14.4. The summed E-state index contributed by atoms with van der Waals surface area (Å²) >= 11 is 0. The molecule has 0 bridgehead atoms. The summed E-state index contributed by atoms with van der Waals surface area (Å²) in [6, 6.07) is 11.5. The lowest BCUT2D eigenvalue weighted by molar-refractivity contribution is -0.120. The number of anilines is 2.